The van der Waals surface area contributed by atoms with Crippen molar-refractivity contribution in [1.82, 2.24) is 0 Å². The highest BCUT2D eigenvalue weighted by atomic mass is 79.9. The molecule has 14 heavy (non-hydrogen) atoms. The number of halogens is 1. The van der Waals surface area contributed by atoms with Crippen molar-refractivity contribution in [3.8, 4) is 0 Å². The fourth-order valence-electron chi connectivity index (χ4n) is 1.98. The molecule has 0 unspecified atom stereocenters. The van der Waals surface area contributed by atoms with Crippen molar-refractivity contribution in [2.24, 2.45) is 5.73 Å². The second-order valence-corrected chi connectivity index (χ2v) is 3.35. The first-order valence-corrected chi connectivity index (χ1v) is 4.35. The molecule has 2 aromatic rings. The lowest BCUT2D eigenvalue weighted by molar-refractivity contribution is 1.61. The zero-order valence-electron chi connectivity index (χ0n) is 7.53. The quantitative estimate of drug-likeness (QED) is 0.761. The summed E-state index contributed by atoms with van der Waals surface area (Å²) < 4.78 is 0. The van der Waals surface area contributed by atoms with Gasteiger partial charge in [-0.1, -0.05) is 36.4 Å². The van der Waals surface area contributed by atoms with Gasteiger partial charge in [-0.05, 0) is 22.4 Å². The highest BCUT2D eigenvalue weighted by Crippen LogP contribution is 2.33. The molecule has 0 saturated carbocycles. The van der Waals surface area contributed by atoms with Gasteiger partial charge in [-0.15, -0.1) is 17.0 Å². The van der Waals surface area contributed by atoms with E-state index in [1.807, 2.05) is 12.1 Å². The van der Waals surface area contributed by atoms with E-state index in [1.165, 1.54) is 21.9 Å². The predicted molar refractivity (Wildman–Crippen MR) is 66.3 cm³/mol. The minimum atomic E-state index is 0. The Labute approximate surface area is 93.0 Å². The van der Waals surface area contributed by atoms with Gasteiger partial charge in [-0.2, -0.15) is 0 Å². The lowest BCUT2D eigenvalue weighted by Crippen LogP contribution is -1.91. The van der Waals surface area contributed by atoms with Crippen LogP contribution in [0.15, 0.2) is 36.4 Å². The maximum absolute atomic E-state index is 5.90. The van der Waals surface area contributed by atoms with Crippen molar-refractivity contribution in [3.63, 3.8) is 0 Å². The van der Waals surface area contributed by atoms with Gasteiger partial charge >= 0.3 is 0 Å². The van der Waals surface area contributed by atoms with Gasteiger partial charge in [0.15, 0.2) is 0 Å². The zero-order valence-corrected chi connectivity index (χ0v) is 9.24. The number of hydrogen-bond acceptors (Lipinski definition) is 1. The van der Waals surface area contributed by atoms with Crippen molar-refractivity contribution in [2.45, 2.75) is 0 Å². The van der Waals surface area contributed by atoms with E-state index in [9.17, 15) is 0 Å². The van der Waals surface area contributed by atoms with Crippen LogP contribution in [0.2, 0.25) is 0 Å². The monoisotopic (exact) mass is 247 g/mol. The SMILES string of the molecule is Br.NC1=Cc2cccc3cccc1c23. The molecule has 0 radical (unpaired) electrons. The number of hydrogen-bond donors (Lipinski definition) is 1. The van der Waals surface area contributed by atoms with E-state index in [2.05, 4.69) is 30.3 Å². The van der Waals surface area contributed by atoms with Gasteiger partial charge in [0.05, 0.1) is 0 Å². The molecule has 1 aliphatic carbocycles. The lowest BCUT2D eigenvalue weighted by Gasteiger charge is -2.01. The van der Waals surface area contributed by atoms with Crippen LogP contribution in [-0.2, 0) is 0 Å². The first-order valence-electron chi connectivity index (χ1n) is 4.35. The molecule has 2 aromatic carbocycles. The van der Waals surface area contributed by atoms with E-state index in [-0.39, 0.29) is 17.0 Å². The van der Waals surface area contributed by atoms with Crippen LogP contribution >= 0.6 is 17.0 Å². The van der Waals surface area contributed by atoms with E-state index >= 15 is 0 Å². The average Bonchev–Trinajstić information content (AvgIpc) is 2.47. The Bertz CT molecular complexity index is 524. The first kappa shape index (κ1) is 9.28. The van der Waals surface area contributed by atoms with E-state index in [1.54, 1.807) is 0 Å². The van der Waals surface area contributed by atoms with Gasteiger partial charge in [0, 0.05) is 11.3 Å². The molecule has 0 aromatic heterocycles. The summed E-state index contributed by atoms with van der Waals surface area (Å²) >= 11 is 0. The standard InChI is InChI=1S/C12H9N.BrH/c13-11-7-9-5-1-3-8-4-2-6-10(11)12(8)9;/h1-7H,13H2;1H. The fraction of sp³-hybridized carbons (Fsp3) is 0. The molecule has 2 heteroatoms. The molecule has 1 nitrogen and oxygen atoms in total. The average molecular weight is 248 g/mol. The van der Waals surface area contributed by atoms with Crippen molar-refractivity contribution in [1.29, 1.82) is 0 Å². The smallest absolute Gasteiger partial charge is 0.0400 e. The maximum atomic E-state index is 5.90. The van der Waals surface area contributed by atoms with Gasteiger partial charge in [0.25, 0.3) is 0 Å². The Kier molecular flexibility index (Phi) is 2.08. The minimum absolute atomic E-state index is 0. The van der Waals surface area contributed by atoms with Crippen LogP contribution in [0.25, 0.3) is 22.5 Å². The molecular formula is C12H10BrN. The van der Waals surface area contributed by atoms with Crippen LogP contribution < -0.4 is 5.73 Å². The Hall–Kier alpha value is -1.28. The first-order chi connectivity index (χ1) is 6.36. The number of nitrogens with two attached hydrogens (primary N) is 1. The van der Waals surface area contributed by atoms with Crippen LogP contribution in [0.4, 0.5) is 0 Å². The summed E-state index contributed by atoms with van der Waals surface area (Å²) in [4.78, 5) is 0. The molecule has 1 aliphatic rings. The maximum Gasteiger partial charge on any atom is 0.0400 e. The van der Waals surface area contributed by atoms with Gasteiger partial charge in [0.2, 0.25) is 0 Å². The van der Waals surface area contributed by atoms with E-state index in [4.69, 9.17) is 5.73 Å². The Morgan fingerprint density at radius 3 is 2.43 bits per heavy atom. The number of benzene rings is 2. The largest absolute Gasteiger partial charge is 0.398 e. The summed E-state index contributed by atoms with van der Waals surface area (Å²) in [6.45, 7) is 0. The molecule has 0 amide bonds. The van der Waals surface area contributed by atoms with Crippen molar-refractivity contribution < 1.29 is 0 Å². The molecule has 0 spiro atoms. The van der Waals surface area contributed by atoms with Crippen LogP contribution in [-0.4, -0.2) is 0 Å². The van der Waals surface area contributed by atoms with Gasteiger partial charge in [-0.25, -0.2) is 0 Å². The van der Waals surface area contributed by atoms with Crippen molar-refractivity contribution in [2.75, 3.05) is 0 Å². The molecular weight excluding hydrogens is 238 g/mol. The van der Waals surface area contributed by atoms with E-state index < -0.39 is 0 Å². The van der Waals surface area contributed by atoms with Gasteiger partial charge in [0.1, 0.15) is 0 Å². The molecule has 70 valence electrons. The molecule has 0 heterocycles. The molecule has 0 aliphatic heterocycles. The summed E-state index contributed by atoms with van der Waals surface area (Å²) in [5.74, 6) is 0. The van der Waals surface area contributed by atoms with E-state index in [0.29, 0.717) is 0 Å². The van der Waals surface area contributed by atoms with Gasteiger partial charge in [-0.3, -0.25) is 0 Å². The molecule has 0 atom stereocenters. The minimum Gasteiger partial charge on any atom is -0.398 e. The third-order valence-electron chi connectivity index (χ3n) is 2.56. The molecule has 2 N–H and O–H groups in total. The van der Waals surface area contributed by atoms with Crippen LogP contribution in [0.5, 0.6) is 0 Å². The fourth-order valence-corrected chi connectivity index (χ4v) is 1.98. The lowest BCUT2D eigenvalue weighted by atomic mass is 10.0. The summed E-state index contributed by atoms with van der Waals surface area (Å²) in [7, 11) is 0. The summed E-state index contributed by atoms with van der Waals surface area (Å²) in [6, 6.07) is 12.5. The molecule has 3 rings (SSSR count). The summed E-state index contributed by atoms with van der Waals surface area (Å²) in [5, 5.41) is 2.56. The van der Waals surface area contributed by atoms with Crippen LogP contribution in [0.3, 0.4) is 0 Å². The Balaban J connectivity index is 0.000000750. The van der Waals surface area contributed by atoms with Crippen molar-refractivity contribution in [3.05, 3.63) is 47.5 Å². The second kappa shape index (κ2) is 3.14. The van der Waals surface area contributed by atoms with E-state index in [0.717, 1.165) is 5.70 Å². The second-order valence-electron chi connectivity index (χ2n) is 3.35. The summed E-state index contributed by atoms with van der Waals surface area (Å²) in [6.07, 6.45) is 2.04. The molecule has 0 fully saturated rings. The number of rotatable bonds is 0. The van der Waals surface area contributed by atoms with Gasteiger partial charge < -0.3 is 5.73 Å². The Morgan fingerprint density at radius 2 is 1.64 bits per heavy atom. The molecule has 0 saturated heterocycles. The predicted octanol–water partition coefficient (Wildman–Crippen LogP) is 3.19. The van der Waals surface area contributed by atoms with Crippen LogP contribution in [0, 0.1) is 0 Å². The normalized spacial score (nSPS) is 12.4. The highest BCUT2D eigenvalue weighted by molar-refractivity contribution is 8.93. The topological polar surface area (TPSA) is 26.0 Å². The van der Waals surface area contributed by atoms with Crippen LogP contribution in [0.1, 0.15) is 11.1 Å². The highest BCUT2D eigenvalue weighted by Gasteiger charge is 2.12. The summed E-state index contributed by atoms with van der Waals surface area (Å²) in [5.41, 5.74) is 9.20. The third kappa shape index (κ3) is 1.07. The Morgan fingerprint density at radius 1 is 0.929 bits per heavy atom. The molecule has 0 bridgehead atoms. The van der Waals surface area contributed by atoms with Crippen molar-refractivity contribution >= 4 is 39.5 Å². The zero-order chi connectivity index (χ0) is 8.84. The third-order valence-corrected chi connectivity index (χ3v) is 2.56.